The third kappa shape index (κ3) is 3.49. The predicted molar refractivity (Wildman–Crippen MR) is 104 cm³/mol. The van der Waals surface area contributed by atoms with Crippen molar-refractivity contribution in [3.63, 3.8) is 0 Å². The fourth-order valence-electron chi connectivity index (χ4n) is 3.29. The molecule has 0 fully saturated rings. The Balaban J connectivity index is 1.94. The molecule has 0 aliphatic carbocycles. The zero-order valence-electron chi connectivity index (χ0n) is 15.4. The first-order valence-electron chi connectivity index (χ1n) is 8.85. The minimum atomic E-state index is -4.48. The number of rotatable bonds is 4. The van der Waals surface area contributed by atoms with Crippen LogP contribution in [-0.2, 0) is 6.18 Å². The summed E-state index contributed by atoms with van der Waals surface area (Å²) in [5, 5.41) is 0. The summed E-state index contributed by atoms with van der Waals surface area (Å²) in [4.78, 5) is 13.0. The Labute approximate surface area is 165 Å². The summed E-state index contributed by atoms with van der Waals surface area (Å²) in [5.74, 6) is 0.369. The number of halogens is 3. The van der Waals surface area contributed by atoms with Crippen molar-refractivity contribution < 1.29 is 22.7 Å². The van der Waals surface area contributed by atoms with Crippen LogP contribution in [0.2, 0.25) is 0 Å². The van der Waals surface area contributed by atoms with Gasteiger partial charge in [-0.2, -0.15) is 13.2 Å². The van der Waals surface area contributed by atoms with Gasteiger partial charge in [-0.1, -0.05) is 42.5 Å². The number of pyridine rings is 1. The van der Waals surface area contributed by atoms with Crippen LogP contribution in [0.1, 0.15) is 21.6 Å². The van der Waals surface area contributed by atoms with E-state index in [1.54, 1.807) is 60.7 Å². The number of carbonyl (C=O) groups is 1. The van der Waals surface area contributed by atoms with Crippen LogP contribution in [0.15, 0.2) is 79.0 Å². The van der Waals surface area contributed by atoms with Crippen LogP contribution in [0.5, 0.6) is 5.75 Å². The van der Waals surface area contributed by atoms with E-state index < -0.39 is 11.7 Å². The van der Waals surface area contributed by atoms with Gasteiger partial charge in [0.05, 0.1) is 23.9 Å². The number of methoxy groups -OCH3 is 1. The highest BCUT2D eigenvalue weighted by Crippen LogP contribution is 2.35. The molecule has 0 aliphatic rings. The Morgan fingerprint density at radius 1 is 0.931 bits per heavy atom. The number of aromatic nitrogens is 1. The molecule has 29 heavy (non-hydrogen) atoms. The second kappa shape index (κ2) is 7.13. The molecule has 2 aromatic heterocycles. The van der Waals surface area contributed by atoms with E-state index in [0.29, 0.717) is 33.7 Å². The largest absolute Gasteiger partial charge is 0.497 e. The summed E-state index contributed by atoms with van der Waals surface area (Å²) in [5.41, 5.74) is 1.53. The third-order valence-electron chi connectivity index (χ3n) is 4.77. The molecule has 4 rings (SSSR count). The average Bonchev–Trinajstić information content (AvgIpc) is 3.12. The molecule has 0 radical (unpaired) electrons. The molecule has 6 heteroatoms. The smallest absolute Gasteiger partial charge is 0.416 e. The van der Waals surface area contributed by atoms with E-state index in [9.17, 15) is 18.0 Å². The van der Waals surface area contributed by atoms with Gasteiger partial charge in [-0.05, 0) is 35.9 Å². The van der Waals surface area contributed by atoms with E-state index in [1.807, 2.05) is 0 Å². The lowest BCUT2D eigenvalue weighted by molar-refractivity contribution is -0.137. The summed E-state index contributed by atoms with van der Waals surface area (Å²) >= 11 is 0. The van der Waals surface area contributed by atoms with Gasteiger partial charge in [0, 0.05) is 17.3 Å². The molecule has 2 aromatic carbocycles. The molecule has 4 aromatic rings. The number of hydrogen-bond donors (Lipinski definition) is 0. The van der Waals surface area contributed by atoms with E-state index >= 15 is 0 Å². The van der Waals surface area contributed by atoms with Crippen molar-refractivity contribution in [2.24, 2.45) is 0 Å². The Kier molecular flexibility index (Phi) is 4.62. The maximum absolute atomic E-state index is 13.3. The summed E-state index contributed by atoms with van der Waals surface area (Å²) in [6.45, 7) is 0. The second-order valence-electron chi connectivity index (χ2n) is 6.54. The van der Waals surface area contributed by atoms with E-state index in [2.05, 4.69) is 0 Å². The van der Waals surface area contributed by atoms with Crippen molar-refractivity contribution in [3.05, 3.63) is 95.8 Å². The lowest BCUT2D eigenvalue weighted by atomic mass is 10.0. The van der Waals surface area contributed by atoms with Gasteiger partial charge in [-0.3, -0.25) is 4.79 Å². The Bertz CT molecular complexity index is 1180. The third-order valence-corrected chi connectivity index (χ3v) is 4.77. The predicted octanol–water partition coefficient (Wildman–Crippen LogP) is 5.86. The van der Waals surface area contributed by atoms with Crippen LogP contribution >= 0.6 is 0 Å². The van der Waals surface area contributed by atoms with Gasteiger partial charge in [-0.15, -0.1) is 0 Å². The normalized spacial score (nSPS) is 11.6. The molecule has 2 heterocycles. The molecule has 0 saturated carbocycles. The summed E-state index contributed by atoms with van der Waals surface area (Å²) < 4.78 is 46.5. The molecule has 0 bridgehead atoms. The van der Waals surface area contributed by atoms with Crippen molar-refractivity contribution in [3.8, 4) is 16.9 Å². The number of nitrogens with zero attached hydrogens (tertiary/aromatic N) is 1. The molecular formula is C23H16F3NO2. The molecule has 0 N–H and O–H groups in total. The van der Waals surface area contributed by atoms with Crippen molar-refractivity contribution in [2.45, 2.75) is 6.18 Å². The summed E-state index contributed by atoms with van der Waals surface area (Å²) in [6.07, 6.45) is -3.19. The maximum Gasteiger partial charge on any atom is 0.416 e. The van der Waals surface area contributed by atoms with Gasteiger partial charge in [0.15, 0.2) is 0 Å². The van der Waals surface area contributed by atoms with Crippen LogP contribution in [0.25, 0.3) is 16.6 Å². The lowest BCUT2D eigenvalue weighted by Crippen LogP contribution is -2.08. The van der Waals surface area contributed by atoms with Crippen molar-refractivity contribution >= 4 is 11.3 Å². The van der Waals surface area contributed by atoms with E-state index in [4.69, 9.17) is 4.74 Å². The first kappa shape index (κ1) is 18.8. The highest BCUT2D eigenvalue weighted by Gasteiger charge is 2.31. The number of fused-ring (bicyclic) bond motifs is 1. The second-order valence-corrected chi connectivity index (χ2v) is 6.54. The van der Waals surface area contributed by atoms with E-state index in [0.717, 1.165) is 12.1 Å². The van der Waals surface area contributed by atoms with Crippen LogP contribution in [0.4, 0.5) is 13.2 Å². The first-order valence-corrected chi connectivity index (χ1v) is 8.85. The molecule has 0 spiro atoms. The Morgan fingerprint density at radius 2 is 1.62 bits per heavy atom. The minimum Gasteiger partial charge on any atom is -0.497 e. The fourth-order valence-corrected chi connectivity index (χ4v) is 3.29. The quantitative estimate of drug-likeness (QED) is 0.405. The summed E-state index contributed by atoms with van der Waals surface area (Å²) in [6, 6.07) is 19.3. The number of ketones is 1. The zero-order chi connectivity index (χ0) is 20.6. The first-order chi connectivity index (χ1) is 13.9. The molecule has 0 amide bonds. The minimum absolute atomic E-state index is 0.264. The molecule has 0 atom stereocenters. The Morgan fingerprint density at radius 3 is 2.24 bits per heavy atom. The fraction of sp³-hybridized carbons (Fsp3) is 0.0870. The molecular weight excluding hydrogens is 379 g/mol. The molecule has 0 aliphatic heterocycles. The molecule has 0 unspecified atom stereocenters. The number of benzene rings is 2. The number of hydrogen-bond acceptors (Lipinski definition) is 2. The molecule has 0 saturated heterocycles. The van der Waals surface area contributed by atoms with Gasteiger partial charge in [0.2, 0.25) is 5.78 Å². The monoisotopic (exact) mass is 395 g/mol. The summed E-state index contributed by atoms with van der Waals surface area (Å²) in [7, 11) is 1.54. The number of ether oxygens (including phenoxy) is 1. The maximum atomic E-state index is 13.3. The lowest BCUT2D eigenvalue weighted by Gasteiger charge is -2.09. The topological polar surface area (TPSA) is 30.7 Å². The van der Waals surface area contributed by atoms with Crippen molar-refractivity contribution in [2.75, 3.05) is 7.11 Å². The highest BCUT2D eigenvalue weighted by molar-refractivity contribution is 6.10. The molecule has 3 nitrogen and oxygen atoms in total. The number of carbonyl (C=O) groups excluding carboxylic acids is 1. The van der Waals surface area contributed by atoms with Gasteiger partial charge in [-0.25, -0.2) is 0 Å². The zero-order valence-corrected chi connectivity index (χ0v) is 15.4. The van der Waals surface area contributed by atoms with Gasteiger partial charge in [0.1, 0.15) is 5.75 Å². The van der Waals surface area contributed by atoms with E-state index in [1.165, 1.54) is 17.7 Å². The Hall–Kier alpha value is -3.54. The van der Waals surface area contributed by atoms with Gasteiger partial charge in [0.25, 0.3) is 0 Å². The van der Waals surface area contributed by atoms with Crippen LogP contribution < -0.4 is 4.74 Å². The average molecular weight is 395 g/mol. The van der Waals surface area contributed by atoms with E-state index in [-0.39, 0.29) is 5.78 Å². The highest BCUT2D eigenvalue weighted by atomic mass is 19.4. The number of alkyl halides is 3. The standard InChI is InChI=1S/C23H16F3NO2/c1-29-18-9-7-15(8-10-18)19-14-21(22(28)16-5-3-2-4-6-16)27-12-11-17(13-20(19)27)23(24,25)26/h2-14H,1H3. The van der Waals surface area contributed by atoms with Crippen LogP contribution in [0.3, 0.4) is 0 Å². The van der Waals surface area contributed by atoms with Gasteiger partial charge < -0.3 is 9.14 Å². The van der Waals surface area contributed by atoms with Crippen molar-refractivity contribution in [1.82, 2.24) is 4.40 Å². The SMILES string of the molecule is COc1ccc(-c2cc(C(=O)c3ccccc3)n3ccc(C(F)(F)F)cc23)cc1. The van der Waals surface area contributed by atoms with Crippen LogP contribution in [0, 0.1) is 0 Å². The van der Waals surface area contributed by atoms with Crippen molar-refractivity contribution in [1.29, 1.82) is 0 Å². The molecule has 146 valence electrons. The van der Waals surface area contributed by atoms with Gasteiger partial charge >= 0.3 is 6.18 Å². The van der Waals surface area contributed by atoms with Crippen LogP contribution in [-0.4, -0.2) is 17.3 Å².